The fourth-order valence-electron chi connectivity index (χ4n) is 1.86. The molecule has 21 heavy (non-hydrogen) atoms. The highest BCUT2D eigenvalue weighted by atomic mass is 16.5. The number of hydrogen-bond acceptors (Lipinski definition) is 4. The van der Waals surface area contributed by atoms with E-state index < -0.39 is 0 Å². The van der Waals surface area contributed by atoms with Crippen molar-refractivity contribution in [2.75, 3.05) is 6.54 Å². The highest BCUT2D eigenvalue weighted by Gasteiger charge is 2.11. The number of aromatic nitrogens is 1. The first-order chi connectivity index (χ1) is 10.1. The monoisotopic (exact) mass is 283 g/mol. The van der Waals surface area contributed by atoms with Crippen molar-refractivity contribution < 1.29 is 9.32 Å². The van der Waals surface area contributed by atoms with Crippen molar-refractivity contribution in [1.82, 2.24) is 10.5 Å². The Morgan fingerprint density at radius 2 is 2.19 bits per heavy atom. The molecule has 1 heterocycles. The summed E-state index contributed by atoms with van der Waals surface area (Å²) in [7, 11) is 0. The van der Waals surface area contributed by atoms with Gasteiger partial charge in [-0.2, -0.15) is 0 Å². The maximum atomic E-state index is 12.3. The lowest BCUT2D eigenvalue weighted by molar-refractivity contribution is 0.0946. The second-order valence-corrected chi connectivity index (χ2v) is 4.67. The van der Waals surface area contributed by atoms with E-state index in [1.165, 1.54) is 0 Å². The van der Waals surface area contributed by atoms with Gasteiger partial charge in [0.25, 0.3) is 5.91 Å². The number of nitrogens with zero attached hydrogens (tertiary/aromatic N) is 1. The summed E-state index contributed by atoms with van der Waals surface area (Å²) in [5.74, 6) is 6.09. The van der Waals surface area contributed by atoms with Gasteiger partial charge in [0.15, 0.2) is 5.76 Å². The maximum absolute atomic E-state index is 12.3. The molecule has 1 amide bonds. The maximum Gasteiger partial charge on any atom is 0.252 e. The van der Waals surface area contributed by atoms with Crippen LogP contribution in [0, 0.1) is 25.7 Å². The van der Waals surface area contributed by atoms with Gasteiger partial charge in [0.2, 0.25) is 0 Å². The van der Waals surface area contributed by atoms with Crippen molar-refractivity contribution in [2.24, 2.45) is 5.73 Å². The first kappa shape index (κ1) is 14.8. The van der Waals surface area contributed by atoms with Crippen molar-refractivity contribution in [1.29, 1.82) is 0 Å². The zero-order chi connectivity index (χ0) is 15.2. The highest BCUT2D eigenvalue weighted by Crippen LogP contribution is 2.11. The second-order valence-electron chi connectivity index (χ2n) is 4.67. The summed E-state index contributed by atoms with van der Waals surface area (Å²) < 4.78 is 5.06. The number of carbonyl (C=O) groups is 1. The molecule has 0 bridgehead atoms. The number of carbonyl (C=O) groups excluding carboxylic acids is 1. The lowest BCUT2D eigenvalue weighted by Crippen LogP contribution is -2.23. The number of rotatable bonds is 3. The Morgan fingerprint density at radius 1 is 1.38 bits per heavy atom. The average Bonchev–Trinajstić information content (AvgIpc) is 2.89. The molecule has 0 aliphatic carbocycles. The highest BCUT2D eigenvalue weighted by molar-refractivity contribution is 5.96. The molecular weight excluding hydrogens is 266 g/mol. The Kier molecular flexibility index (Phi) is 4.75. The Balaban J connectivity index is 2.15. The van der Waals surface area contributed by atoms with Crippen LogP contribution < -0.4 is 11.1 Å². The molecule has 0 atom stereocenters. The molecule has 0 unspecified atom stereocenters. The minimum atomic E-state index is -0.200. The van der Waals surface area contributed by atoms with E-state index in [0.717, 1.165) is 11.3 Å². The van der Waals surface area contributed by atoms with E-state index in [2.05, 4.69) is 22.3 Å². The van der Waals surface area contributed by atoms with Crippen molar-refractivity contribution in [2.45, 2.75) is 20.4 Å². The number of nitrogens with one attached hydrogen (secondary N) is 1. The summed E-state index contributed by atoms with van der Waals surface area (Å²) in [6, 6.07) is 7.33. The second kappa shape index (κ2) is 6.73. The Bertz CT molecular complexity index is 708. The van der Waals surface area contributed by atoms with E-state index in [0.29, 0.717) is 16.9 Å². The molecule has 3 N–H and O–H groups in total. The van der Waals surface area contributed by atoms with Crippen molar-refractivity contribution in [3.05, 3.63) is 52.4 Å². The summed E-state index contributed by atoms with van der Waals surface area (Å²) in [5.41, 5.74) is 8.35. The molecular formula is C16H17N3O2. The van der Waals surface area contributed by atoms with Gasteiger partial charge in [0.05, 0.1) is 24.3 Å². The number of nitrogens with two attached hydrogens (primary N) is 1. The van der Waals surface area contributed by atoms with Gasteiger partial charge in [-0.3, -0.25) is 4.79 Å². The molecule has 0 spiro atoms. The van der Waals surface area contributed by atoms with Crippen LogP contribution >= 0.6 is 0 Å². The molecule has 1 aromatic heterocycles. The van der Waals surface area contributed by atoms with E-state index in [9.17, 15) is 4.79 Å². The quantitative estimate of drug-likeness (QED) is 0.837. The van der Waals surface area contributed by atoms with Gasteiger partial charge in [0.1, 0.15) is 0 Å². The predicted molar refractivity (Wildman–Crippen MR) is 79.5 cm³/mol. The third kappa shape index (κ3) is 3.94. The fourth-order valence-corrected chi connectivity index (χ4v) is 1.86. The zero-order valence-electron chi connectivity index (χ0n) is 12.1. The largest absolute Gasteiger partial charge is 0.359 e. The van der Waals surface area contributed by atoms with Crippen molar-refractivity contribution in [3.63, 3.8) is 0 Å². The third-order valence-corrected chi connectivity index (χ3v) is 2.84. The molecule has 2 rings (SSSR count). The van der Waals surface area contributed by atoms with E-state index in [1.807, 2.05) is 32.0 Å². The summed E-state index contributed by atoms with van der Waals surface area (Å²) in [5, 5.41) is 6.58. The van der Waals surface area contributed by atoms with Gasteiger partial charge in [-0.05, 0) is 26.0 Å². The van der Waals surface area contributed by atoms with Crippen LogP contribution in [0.5, 0.6) is 0 Å². The van der Waals surface area contributed by atoms with E-state index in [1.54, 1.807) is 6.07 Å². The van der Waals surface area contributed by atoms with Crippen LogP contribution in [-0.4, -0.2) is 17.6 Å². The molecule has 0 fully saturated rings. The molecule has 0 saturated carbocycles. The van der Waals surface area contributed by atoms with Crippen molar-refractivity contribution in [3.8, 4) is 11.8 Å². The van der Waals surface area contributed by atoms with Gasteiger partial charge in [-0.25, -0.2) is 0 Å². The summed E-state index contributed by atoms with van der Waals surface area (Å²) in [4.78, 5) is 12.3. The van der Waals surface area contributed by atoms with Gasteiger partial charge >= 0.3 is 0 Å². The Hall–Kier alpha value is -2.58. The zero-order valence-corrected chi connectivity index (χ0v) is 12.1. The first-order valence-corrected chi connectivity index (χ1v) is 6.60. The minimum absolute atomic E-state index is 0.200. The van der Waals surface area contributed by atoms with E-state index in [-0.39, 0.29) is 19.0 Å². The summed E-state index contributed by atoms with van der Waals surface area (Å²) in [6.07, 6.45) is 0. The lowest BCUT2D eigenvalue weighted by Gasteiger charge is -2.06. The van der Waals surface area contributed by atoms with Gasteiger partial charge in [0, 0.05) is 11.6 Å². The molecule has 0 aliphatic rings. The number of benzene rings is 1. The average molecular weight is 283 g/mol. The van der Waals surface area contributed by atoms with Crippen LogP contribution in [0.3, 0.4) is 0 Å². The minimum Gasteiger partial charge on any atom is -0.359 e. The van der Waals surface area contributed by atoms with E-state index >= 15 is 0 Å². The molecule has 0 aliphatic heterocycles. The standard InChI is InChI=1S/C16H17N3O2/c1-11-5-6-13(4-3-7-17)15(8-11)16(20)18-10-14-9-12(2)19-21-14/h5-6,8-9H,7,10,17H2,1-2H3,(H,18,20). The van der Waals surface area contributed by atoms with Gasteiger partial charge in [-0.1, -0.05) is 28.6 Å². The predicted octanol–water partition coefficient (Wildman–Crippen LogP) is 1.53. The smallest absolute Gasteiger partial charge is 0.252 e. The molecule has 5 nitrogen and oxygen atoms in total. The lowest BCUT2D eigenvalue weighted by atomic mass is 10.0. The van der Waals surface area contributed by atoms with Crippen molar-refractivity contribution >= 4 is 5.91 Å². The topological polar surface area (TPSA) is 81.2 Å². The molecule has 0 radical (unpaired) electrons. The number of amides is 1. The van der Waals surface area contributed by atoms with Crippen LogP contribution in [0.15, 0.2) is 28.8 Å². The molecule has 1 aromatic carbocycles. The molecule has 5 heteroatoms. The molecule has 2 aromatic rings. The van der Waals surface area contributed by atoms with Crippen LogP contribution in [0.2, 0.25) is 0 Å². The Labute approximate surface area is 123 Å². The van der Waals surface area contributed by atoms with Crippen LogP contribution in [0.4, 0.5) is 0 Å². The van der Waals surface area contributed by atoms with Gasteiger partial charge < -0.3 is 15.6 Å². The fraction of sp³-hybridized carbons (Fsp3) is 0.250. The summed E-state index contributed by atoms with van der Waals surface area (Å²) in [6.45, 7) is 4.30. The van der Waals surface area contributed by atoms with Gasteiger partial charge in [-0.15, -0.1) is 0 Å². The first-order valence-electron chi connectivity index (χ1n) is 6.60. The van der Waals surface area contributed by atoms with Crippen LogP contribution in [-0.2, 0) is 6.54 Å². The summed E-state index contributed by atoms with van der Waals surface area (Å²) >= 11 is 0. The van der Waals surface area contributed by atoms with Crippen LogP contribution in [0.1, 0.15) is 32.9 Å². The normalized spacial score (nSPS) is 9.86. The molecule has 0 saturated heterocycles. The number of aryl methyl sites for hydroxylation is 2. The SMILES string of the molecule is Cc1ccc(C#CCN)c(C(=O)NCc2cc(C)no2)c1. The number of hydrogen-bond donors (Lipinski definition) is 2. The third-order valence-electron chi connectivity index (χ3n) is 2.84. The Morgan fingerprint density at radius 3 is 2.86 bits per heavy atom. The molecule has 108 valence electrons. The van der Waals surface area contributed by atoms with E-state index in [4.69, 9.17) is 10.3 Å². The van der Waals surface area contributed by atoms with Crippen LogP contribution in [0.25, 0.3) is 0 Å².